The first-order valence-electron chi connectivity index (χ1n) is 6.64. The summed E-state index contributed by atoms with van der Waals surface area (Å²) in [5.41, 5.74) is 6.66. The molecule has 2 aromatic rings. The van der Waals surface area contributed by atoms with Gasteiger partial charge < -0.3 is 11.1 Å². The van der Waals surface area contributed by atoms with Crippen LogP contribution >= 0.6 is 0 Å². The number of pyridine rings is 1. The van der Waals surface area contributed by atoms with E-state index in [1.807, 2.05) is 38.1 Å². The third kappa shape index (κ3) is 2.88. The summed E-state index contributed by atoms with van der Waals surface area (Å²) in [6.07, 6.45) is 0. The molecule has 20 heavy (non-hydrogen) atoms. The van der Waals surface area contributed by atoms with E-state index in [1.165, 1.54) is 4.57 Å². The van der Waals surface area contributed by atoms with Crippen molar-refractivity contribution in [3.63, 3.8) is 0 Å². The Hall–Kier alpha value is -2.14. The second kappa shape index (κ2) is 5.88. The van der Waals surface area contributed by atoms with Crippen LogP contribution < -0.4 is 16.6 Å². The molecule has 1 amide bonds. The zero-order chi connectivity index (χ0) is 14.7. The van der Waals surface area contributed by atoms with Crippen molar-refractivity contribution in [2.24, 2.45) is 5.73 Å². The van der Waals surface area contributed by atoms with Gasteiger partial charge >= 0.3 is 0 Å². The number of aromatic nitrogens is 1. The molecule has 0 unspecified atom stereocenters. The van der Waals surface area contributed by atoms with E-state index in [0.717, 1.165) is 10.9 Å². The highest BCUT2D eigenvalue weighted by Crippen LogP contribution is 2.13. The summed E-state index contributed by atoms with van der Waals surface area (Å²) >= 11 is 0. The van der Waals surface area contributed by atoms with Crippen LogP contribution in [0, 0.1) is 0 Å². The summed E-state index contributed by atoms with van der Waals surface area (Å²) in [6, 6.07) is 9.31. The molecule has 0 aliphatic rings. The number of rotatable bonds is 4. The molecule has 106 valence electrons. The number of hydrogen-bond acceptors (Lipinski definition) is 3. The first kappa shape index (κ1) is 14.3. The Balaban J connectivity index is 2.52. The van der Waals surface area contributed by atoms with Crippen LogP contribution in [-0.2, 0) is 17.9 Å². The first-order valence-corrected chi connectivity index (χ1v) is 6.64. The van der Waals surface area contributed by atoms with Gasteiger partial charge in [0.2, 0.25) is 5.91 Å². The first-order chi connectivity index (χ1) is 9.52. The average molecular weight is 273 g/mol. The number of amides is 1. The summed E-state index contributed by atoms with van der Waals surface area (Å²) < 4.78 is 1.48. The van der Waals surface area contributed by atoms with Crippen LogP contribution in [0.2, 0.25) is 0 Å². The van der Waals surface area contributed by atoms with Gasteiger partial charge in [-0.25, -0.2) is 0 Å². The van der Waals surface area contributed by atoms with Gasteiger partial charge in [0, 0.05) is 18.2 Å². The molecular formula is C15H19N3O2. The van der Waals surface area contributed by atoms with Gasteiger partial charge in [0.15, 0.2) is 0 Å². The van der Waals surface area contributed by atoms with E-state index in [0.29, 0.717) is 5.56 Å². The SMILES string of the molecule is CC(C)NC(=O)Cn1c(=O)c(CN)cc2ccccc21. The van der Waals surface area contributed by atoms with Crippen LogP contribution in [0.1, 0.15) is 19.4 Å². The third-order valence-corrected chi connectivity index (χ3v) is 3.05. The number of nitrogens with zero attached hydrogens (tertiary/aromatic N) is 1. The van der Waals surface area contributed by atoms with E-state index in [2.05, 4.69) is 5.32 Å². The van der Waals surface area contributed by atoms with E-state index in [-0.39, 0.29) is 30.6 Å². The largest absolute Gasteiger partial charge is 0.352 e. The summed E-state index contributed by atoms with van der Waals surface area (Å²) in [4.78, 5) is 24.3. The van der Waals surface area contributed by atoms with E-state index in [1.54, 1.807) is 6.07 Å². The van der Waals surface area contributed by atoms with Crippen LogP contribution in [0.4, 0.5) is 0 Å². The Morgan fingerprint density at radius 3 is 2.70 bits per heavy atom. The maximum Gasteiger partial charge on any atom is 0.256 e. The highest BCUT2D eigenvalue weighted by Gasteiger charge is 2.11. The fraction of sp³-hybridized carbons (Fsp3) is 0.333. The lowest BCUT2D eigenvalue weighted by atomic mass is 10.1. The molecule has 1 heterocycles. The lowest BCUT2D eigenvalue weighted by Crippen LogP contribution is -2.37. The lowest BCUT2D eigenvalue weighted by Gasteiger charge is -2.13. The van der Waals surface area contributed by atoms with Crippen LogP contribution in [0.5, 0.6) is 0 Å². The van der Waals surface area contributed by atoms with Crippen molar-refractivity contribution in [2.75, 3.05) is 0 Å². The molecule has 0 radical (unpaired) electrons. The number of fused-ring (bicyclic) bond motifs is 1. The van der Waals surface area contributed by atoms with Gasteiger partial charge in [0.1, 0.15) is 6.54 Å². The quantitative estimate of drug-likeness (QED) is 0.872. The number of para-hydroxylation sites is 1. The fourth-order valence-corrected chi connectivity index (χ4v) is 2.20. The van der Waals surface area contributed by atoms with Crippen LogP contribution in [-0.4, -0.2) is 16.5 Å². The van der Waals surface area contributed by atoms with Crippen LogP contribution in [0.25, 0.3) is 10.9 Å². The molecule has 0 spiro atoms. The number of nitrogens with two attached hydrogens (primary N) is 1. The molecule has 0 saturated heterocycles. The summed E-state index contributed by atoms with van der Waals surface area (Å²) in [5, 5.41) is 3.70. The number of hydrogen-bond donors (Lipinski definition) is 2. The molecule has 1 aromatic heterocycles. The second-order valence-electron chi connectivity index (χ2n) is 5.05. The molecule has 0 atom stereocenters. The molecule has 1 aromatic carbocycles. The number of nitrogens with one attached hydrogen (secondary N) is 1. The average Bonchev–Trinajstić information content (AvgIpc) is 2.40. The van der Waals surface area contributed by atoms with E-state index in [4.69, 9.17) is 5.73 Å². The third-order valence-electron chi connectivity index (χ3n) is 3.05. The normalized spacial score (nSPS) is 11.0. The zero-order valence-corrected chi connectivity index (χ0v) is 11.7. The lowest BCUT2D eigenvalue weighted by molar-refractivity contribution is -0.122. The topological polar surface area (TPSA) is 77.1 Å². The predicted octanol–water partition coefficient (Wildman–Crippen LogP) is 0.985. The van der Waals surface area contributed by atoms with Crippen LogP contribution in [0.15, 0.2) is 35.1 Å². The van der Waals surface area contributed by atoms with Gasteiger partial charge in [-0.15, -0.1) is 0 Å². The standard InChI is InChI=1S/C15H19N3O2/c1-10(2)17-14(19)9-18-13-6-4-3-5-11(13)7-12(8-16)15(18)20/h3-7,10H,8-9,16H2,1-2H3,(H,17,19). The van der Waals surface area contributed by atoms with Gasteiger partial charge in [-0.2, -0.15) is 0 Å². The number of carbonyl (C=O) groups excluding carboxylic acids is 1. The monoisotopic (exact) mass is 273 g/mol. The number of benzene rings is 1. The molecule has 0 aliphatic carbocycles. The Morgan fingerprint density at radius 1 is 1.35 bits per heavy atom. The second-order valence-corrected chi connectivity index (χ2v) is 5.05. The van der Waals surface area contributed by atoms with Gasteiger partial charge in [-0.3, -0.25) is 14.2 Å². The van der Waals surface area contributed by atoms with Gasteiger partial charge in [-0.05, 0) is 31.4 Å². The maximum atomic E-state index is 12.3. The minimum atomic E-state index is -0.204. The minimum Gasteiger partial charge on any atom is -0.352 e. The Morgan fingerprint density at radius 2 is 2.05 bits per heavy atom. The van der Waals surface area contributed by atoms with E-state index in [9.17, 15) is 9.59 Å². The molecule has 0 fully saturated rings. The van der Waals surface area contributed by atoms with Crippen molar-refractivity contribution >= 4 is 16.8 Å². The van der Waals surface area contributed by atoms with Crippen molar-refractivity contribution in [3.05, 3.63) is 46.2 Å². The maximum absolute atomic E-state index is 12.3. The molecule has 5 nitrogen and oxygen atoms in total. The smallest absolute Gasteiger partial charge is 0.256 e. The van der Waals surface area contributed by atoms with Gasteiger partial charge in [-0.1, -0.05) is 18.2 Å². The van der Waals surface area contributed by atoms with Gasteiger partial charge in [0.25, 0.3) is 5.56 Å². The van der Waals surface area contributed by atoms with Gasteiger partial charge in [0.05, 0.1) is 5.52 Å². The van der Waals surface area contributed by atoms with E-state index < -0.39 is 0 Å². The molecule has 0 saturated carbocycles. The van der Waals surface area contributed by atoms with Crippen molar-refractivity contribution in [1.82, 2.24) is 9.88 Å². The minimum absolute atomic E-state index is 0.00532. The van der Waals surface area contributed by atoms with Crippen molar-refractivity contribution in [1.29, 1.82) is 0 Å². The molecule has 5 heteroatoms. The Kier molecular flexibility index (Phi) is 4.20. The summed E-state index contributed by atoms with van der Waals surface area (Å²) in [6.45, 7) is 3.94. The molecule has 3 N–H and O–H groups in total. The molecule has 2 rings (SSSR count). The highest BCUT2D eigenvalue weighted by molar-refractivity contribution is 5.82. The number of carbonyl (C=O) groups is 1. The summed E-state index contributed by atoms with van der Waals surface area (Å²) in [5.74, 6) is -0.179. The Labute approximate surface area is 117 Å². The zero-order valence-electron chi connectivity index (χ0n) is 11.7. The summed E-state index contributed by atoms with van der Waals surface area (Å²) in [7, 11) is 0. The van der Waals surface area contributed by atoms with Crippen molar-refractivity contribution in [3.8, 4) is 0 Å². The van der Waals surface area contributed by atoms with Crippen molar-refractivity contribution < 1.29 is 4.79 Å². The van der Waals surface area contributed by atoms with Crippen molar-refractivity contribution in [2.45, 2.75) is 33.0 Å². The Bertz CT molecular complexity index is 689. The van der Waals surface area contributed by atoms with E-state index >= 15 is 0 Å². The van der Waals surface area contributed by atoms with Crippen LogP contribution in [0.3, 0.4) is 0 Å². The highest BCUT2D eigenvalue weighted by atomic mass is 16.2. The molecule has 0 bridgehead atoms. The molecule has 0 aliphatic heterocycles. The molecular weight excluding hydrogens is 254 g/mol. The predicted molar refractivity (Wildman–Crippen MR) is 79.4 cm³/mol. The fourth-order valence-electron chi connectivity index (χ4n) is 2.20.